The van der Waals surface area contributed by atoms with Crippen molar-refractivity contribution in [2.45, 2.75) is 18.7 Å². The Morgan fingerprint density at radius 3 is 2.17 bits per heavy atom. The third-order valence-corrected chi connectivity index (χ3v) is 5.18. The van der Waals surface area contributed by atoms with Crippen LogP contribution in [0.4, 0.5) is 5.69 Å². The number of ether oxygens (including phenoxy) is 2. The molecule has 0 atom stereocenters. The molecule has 0 fully saturated rings. The predicted molar refractivity (Wildman–Crippen MR) is 91.3 cm³/mol. The zero-order valence-corrected chi connectivity index (χ0v) is 14.9. The van der Waals surface area contributed by atoms with Crippen molar-refractivity contribution in [2.24, 2.45) is 0 Å². The lowest BCUT2D eigenvalue weighted by atomic mass is 10.1. The Hall–Kier alpha value is -1.92. The number of sulfonamides is 1. The molecule has 0 unspecified atom stereocenters. The number of anilines is 1. The number of rotatable bonds is 5. The normalized spacial score (nSPS) is 11.2. The summed E-state index contributed by atoms with van der Waals surface area (Å²) in [5.41, 5.74) is 2.55. The molecule has 0 bridgehead atoms. The maximum Gasteiger partial charge on any atom is 0.265 e. The Morgan fingerprint density at radius 2 is 1.61 bits per heavy atom. The first-order valence-electron chi connectivity index (χ1n) is 6.80. The summed E-state index contributed by atoms with van der Waals surface area (Å²) in [6.45, 7) is 3.87. The molecule has 0 heterocycles. The Labute approximate surface area is 141 Å². The van der Waals surface area contributed by atoms with Crippen molar-refractivity contribution in [3.63, 3.8) is 0 Å². The van der Waals surface area contributed by atoms with Crippen LogP contribution >= 0.6 is 11.6 Å². The van der Waals surface area contributed by atoms with Crippen LogP contribution in [0.3, 0.4) is 0 Å². The number of benzene rings is 2. The van der Waals surface area contributed by atoms with E-state index >= 15 is 0 Å². The fourth-order valence-corrected chi connectivity index (χ4v) is 3.50. The van der Waals surface area contributed by atoms with Gasteiger partial charge in [0, 0.05) is 17.8 Å². The second-order valence-electron chi connectivity index (χ2n) is 5.04. The summed E-state index contributed by atoms with van der Waals surface area (Å²) in [7, 11) is -1.05. The minimum absolute atomic E-state index is 0.0421. The zero-order chi connectivity index (χ0) is 17.2. The fraction of sp³-hybridized carbons (Fsp3) is 0.250. The molecule has 0 saturated heterocycles. The highest BCUT2D eigenvalue weighted by Crippen LogP contribution is 2.35. The monoisotopic (exact) mass is 355 g/mol. The SMILES string of the molecule is COc1cc(S(=O)(=O)Nc2ccc(C)c(C)c2)c(OC)cc1Cl. The topological polar surface area (TPSA) is 64.6 Å². The minimum atomic E-state index is -3.85. The molecule has 0 saturated carbocycles. The van der Waals surface area contributed by atoms with Crippen molar-refractivity contribution in [3.8, 4) is 11.5 Å². The van der Waals surface area contributed by atoms with E-state index in [1.807, 2.05) is 19.9 Å². The number of methoxy groups -OCH3 is 2. The maximum atomic E-state index is 12.7. The number of nitrogens with one attached hydrogen (secondary N) is 1. The van der Waals surface area contributed by atoms with Gasteiger partial charge in [-0.05, 0) is 37.1 Å². The summed E-state index contributed by atoms with van der Waals surface area (Å²) in [6.07, 6.45) is 0. The van der Waals surface area contributed by atoms with Crippen LogP contribution in [0.2, 0.25) is 5.02 Å². The first-order valence-corrected chi connectivity index (χ1v) is 8.66. The van der Waals surface area contributed by atoms with Crippen molar-refractivity contribution >= 4 is 27.3 Å². The van der Waals surface area contributed by atoms with Crippen molar-refractivity contribution in [1.82, 2.24) is 0 Å². The van der Waals surface area contributed by atoms with E-state index in [9.17, 15) is 8.42 Å². The van der Waals surface area contributed by atoms with Gasteiger partial charge in [-0.3, -0.25) is 4.72 Å². The molecule has 2 rings (SSSR count). The Balaban J connectivity index is 2.48. The largest absolute Gasteiger partial charge is 0.495 e. The standard InChI is InChI=1S/C16H18ClNO4S/c1-10-5-6-12(7-11(10)2)18-23(19,20)16-9-14(21-3)13(17)8-15(16)22-4/h5-9,18H,1-4H3. The highest BCUT2D eigenvalue weighted by Gasteiger charge is 2.22. The van der Waals surface area contributed by atoms with Crippen LogP contribution in [0.25, 0.3) is 0 Å². The molecule has 0 aliphatic heterocycles. The Kier molecular flexibility index (Phi) is 5.06. The number of hydrogen-bond acceptors (Lipinski definition) is 4. The van der Waals surface area contributed by atoms with Gasteiger partial charge in [-0.25, -0.2) is 8.42 Å². The molecular formula is C16H18ClNO4S. The summed E-state index contributed by atoms with van der Waals surface area (Å²) in [4.78, 5) is -0.0421. The molecule has 0 spiro atoms. The van der Waals surface area contributed by atoms with E-state index in [4.69, 9.17) is 21.1 Å². The molecule has 2 aromatic carbocycles. The molecule has 0 aromatic heterocycles. The summed E-state index contributed by atoms with van der Waals surface area (Å²) >= 11 is 6.01. The molecule has 1 N–H and O–H groups in total. The van der Waals surface area contributed by atoms with Gasteiger partial charge in [0.1, 0.15) is 16.4 Å². The smallest absolute Gasteiger partial charge is 0.265 e. The van der Waals surface area contributed by atoms with Gasteiger partial charge in [-0.15, -0.1) is 0 Å². The van der Waals surface area contributed by atoms with E-state index in [0.29, 0.717) is 5.69 Å². The van der Waals surface area contributed by atoms with Gasteiger partial charge in [0.2, 0.25) is 0 Å². The third-order valence-electron chi connectivity index (χ3n) is 3.49. The third kappa shape index (κ3) is 3.71. The maximum absolute atomic E-state index is 12.7. The molecule has 7 heteroatoms. The zero-order valence-electron chi connectivity index (χ0n) is 13.3. The first-order chi connectivity index (χ1) is 10.8. The molecular weight excluding hydrogens is 338 g/mol. The van der Waals surface area contributed by atoms with E-state index in [1.165, 1.54) is 26.4 Å². The lowest BCUT2D eigenvalue weighted by Gasteiger charge is -2.14. The Morgan fingerprint density at radius 1 is 0.957 bits per heavy atom. The molecule has 124 valence electrons. The van der Waals surface area contributed by atoms with E-state index in [0.717, 1.165) is 11.1 Å². The summed E-state index contributed by atoms with van der Waals surface area (Å²) < 4.78 is 38.1. The van der Waals surface area contributed by atoms with E-state index in [-0.39, 0.29) is 21.4 Å². The van der Waals surface area contributed by atoms with Gasteiger partial charge >= 0.3 is 0 Å². The van der Waals surface area contributed by atoms with Crippen LogP contribution in [0.1, 0.15) is 11.1 Å². The lowest BCUT2D eigenvalue weighted by Crippen LogP contribution is -2.14. The molecule has 0 radical (unpaired) electrons. The van der Waals surface area contributed by atoms with Gasteiger partial charge in [-0.2, -0.15) is 0 Å². The van der Waals surface area contributed by atoms with Gasteiger partial charge in [-0.1, -0.05) is 17.7 Å². The van der Waals surface area contributed by atoms with Crippen LogP contribution in [0, 0.1) is 13.8 Å². The second-order valence-corrected chi connectivity index (χ2v) is 7.10. The van der Waals surface area contributed by atoms with E-state index < -0.39 is 10.0 Å². The van der Waals surface area contributed by atoms with Crippen molar-refractivity contribution in [1.29, 1.82) is 0 Å². The van der Waals surface area contributed by atoms with E-state index in [2.05, 4.69) is 4.72 Å². The van der Waals surface area contributed by atoms with Gasteiger partial charge in [0.25, 0.3) is 10.0 Å². The fourth-order valence-electron chi connectivity index (χ4n) is 2.06. The predicted octanol–water partition coefficient (Wildman–Crippen LogP) is 3.77. The summed E-state index contributed by atoms with van der Waals surface area (Å²) in [6, 6.07) is 8.08. The van der Waals surface area contributed by atoms with Crippen LogP contribution in [0.15, 0.2) is 35.2 Å². The number of halogens is 1. The van der Waals surface area contributed by atoms with Gasteiger partial charge in [0.05, 0.1) is 19.2 Å². The molecule has 2 aromatic rings. The van der Waals surface area contributed by atoms with Crippen molar-refractivity contribution < 1.29 is 17.9 Å². The molecule has 5 nitrogen and oxygen atoms in total. The second kappa shape index (κ2) is 6.68. The van der Waals surface area contributed by atoms with Crippen molar-refractivity contribution in [2.75, 3.05) is 18.9 Å². The summed E-state index contributed by atoms with van der Waals surface area (Å²) in [5, 5.41) is 0.273. The quantitative estimate of drug-likeness (QED) is 0.886. The lowest BCUT2D eigenvalue weighted by molar-refractivity contribution is 0.392. The highest BCUT2D eigenvalue weighted by atomic mass is 35.5. The summed E-state index contributed by atoms with van der Waals surface area (Å²) in [5.74, 6) is 0.403. The average molecular weight is 356 g/mol. The number of aryl methyl sites for hydroxylation is 2. The average Bonchev–Trinajstić information content (AvgIpc) is 2.50. The molecule has 0 aliphatic rings. The van der Waals surface area contributed by atoms with Crippen LogP contribution < -0.4 is 14.2 Å². The number of hydrogen-bond donors (Lipinski definition) is 1. The highest BCUT2D eigenvalue weighted by molar-refractivity contribution is 7.92. The van der Waals surface area contributed by atoms with Gasteiger partial charge in [0.15, 0.2) is 0 Å². The van der Waals surface area contributed by atoms with Crippen LogP contribution in [-0.2, 0) is 10.0 Å². The molecule has 23 heavy (non-hydrogen) atoms. The molecule has 0 aliphatic carbocycles. The van der Waals surface area contributed by atoms with Gasteiger partial charge < -0.3 is 9.47 Å². The first kappa shape index (κ1) is 17.4. The van der Waals surface area contributed by atoms with Crippen LogP contribution in [-0.4, -0.2) is 22.6 Å². The molecule has 0 amide bonds. The minimum Gasteiger partial charge on any atom is -0.495 e. The van der Waals surface area contributed by atoms with Crippen molar-refractivity contribution in [3.05, 3.63) is 46.5 Å². The van der Waals surface area contributed by atoms with E-state index in [1.54, 1.807) is 12.1 Å². The Bertz CT molecular complexity index is 834. The van der Waals surface area contributed by atoms with Crippen LogP contribution in [0.5, 0.6) is 11.5 Å².